The van der Waals surface area contributed by atoms with Gasteiger partial charge in [0.25, 0.3) is 5.79 Å². The topological polar surface area (TPSA) is 92.3 Å². The lowest BCUT2D eigenvalue weighted by Crippen LogP contribution is -2.63. The summed E-state index contributed by atoms with van der Waals surface area (Å²) in [5.41, 5.74) is 0.229. The highest BCUT2D eigenvalue weighted by Crippen LogP contribution is 2.41. The van der Waals surface area contributed by atoms with Crippen molar-refractivity contribution in [2.75, 3.05) is 13.2 Å². The molecule has 8 heteroatoms. The Labute approximate surface area is 127 Å². The molecule has 0 bridgehead atoms. The molecule has 0 radical (unpaired) electrons. The van der Waals surface area contributed by atoms with E-state index in [9.17, 15) is 9.59 Å². The molecule has 3 aliphatic heterocycles. The van der Waals surface area contributed by atoms with Gasteiger partial charge in [-0.05, 0) is 20.8 Å². The maximum Gasteiger partial charge on any atom is 0.410 e. The standard InChI is InChI=1S/C14H19NO7/c1-7(2)11(16)19-10-9-8(20-13(3,4)21-9)5-18-14(10)6-15-12(17)22-14/h8-10H,1,5-6H2,2-4H3,(H,15,17)/t8?,9?,10?,14-/m0/s1. The number of rotatable bonds is 2. The molecular weight excluding hydrogens is 294 g/mol. The van der Waals surface area contributed by atoms with E-state index in [4.69, 9.17) is 23.7 Å². The first-order valence-corrected chi connectivity index (χ1v) is 7.05. The first kappa shape index (κ1) is 15.3. The summed E-state index contributed by atoms with van der Waals surface area (Å²) in [4.78, 5) is 23.4. The Morgan fingerprint density at radius 1 is 1.41 bits per heavy atom. The summed E-state index contributed by atoms with van der Waals surface area (Å²) in [5, 5.41) is 2.52. The van der Waals surface area contributed by atoms with E-state index in [1.165, 1.54) is 6.92 Å². The minimum Gasteiger partial charge on any atom is -0.449 e. The van der Waals surface area contributed by atoms with Crippen LogP contribution in [0.4, 0.5) is 4.79 Å². The largest absolute Gasteiger partial charge is 0.449 e. The molecule has 0 aromatic heterocycles. The van der Waals surface area contributed by atoms with Gasteiger partial charge >= 0.3 is 12.1 Å². The summed E-state index contributed by atoms with van der Waals surface area (Å²) in [5.74, 6) is -2.86. The summed E-state index contributed by atoms with van der Waals surface area (Å²) in [6.45, 7) is 8.84. The lowest BCUT2D eigenvalue weighted by molar-refractivity contribution is -0.290. The van der Waals surface area contributed by atoms with Gasteiger partial charge in [0.05, 0.1) is 13.2 Å². The number of carbonyl (C=O) groups excluding carboxylic acids is 2. The molecule has 1 amide bonds. The zero-order chi connectivity index (χ0) is 16.1. The van der Waals surface area contributed by atoms with E-state index < -0.39 is 41.9 Å². The maximum absolute atomic E-state index is 11.9. The summed E-state index contributed by atoms with van der Waals surface area (Å²) in [6, 6.07) is 0. The van der Waals surface area contributed by atoms with E-state index in [1.807, 2.05) is 0 Å². The fourth-order valence-electron chi connectivity index (χ4n) is 2.84. The highest BCUT2D eigenvalue weighted by Gasteiger charge is 2.63. The number of esters is 1. The summed E-state index contributed by atoms with van der Waals surface area (Å²) >= 11 is 0. The lowest BCUT2D eigenvalue weighted by atomic mass is 9.96. The molecule has 1 spiro atoms. The number of hydrogen-bond donors (Lipinski definition) is 1. The Kier molecular flexibility index (Phi) is 3.42. The second kappa shape index (κ2) is 4.94. The van der Waals surface area contributed by atoms with Gasteiger partial charge in [-0.2, -0.15) is 0 Å². The highest BCUT2D eigenvalue weighted by molar-refractivity contribution is 5.87. The van der Waals surface area contributed by atoms with Crippen LogP contribution in [0.3, 0.4) is 0 Å². The van der Waals surface area contributed by atoms with E-state index in [1.54, 1.807) is 13.8 Å². The average molecular weight is 313 g/mol. The molecule has 8 nitrogen and oxygen atoms in total. The monoisotopic (exact) mass is 313 g/mol. The first-order valence-electron chi connectivity index (χ1n) is 7.05. The molecule has 22 heavy (non-hydrogen) atoms. The van der Waals surface area contributed by atoms with Gasteiger partial charge in [0.15, 0.2) is 11.9 Å². The SMILES string of the molecule is C=C(C)C(=O)OC1C2OC(C)(C)OC2CO[C@]12CNC(=O)O2. The maximum atomic E-state index is 11.9. The molecule has 0 aliphatic carbocycles. The number of nitrogens with one attached hydrogen (secondary N) is 1. The van der Waals surface area contributed by atoms with E-state index >= 15 is 0 Å². The fraction of sp³-hybridized carbons (Fsp3) is 0.714. The number of alkyl carbamates (subject to hydrolysis) is 1. The molecule has 4 atom stereocenters. The Hall–Kier alpha value is -1.64. The first-order chi connectivity index (χ1) is 10.2. The van der Waals surface area contributed by atoms with Crippen molar-refractivity contribution < 1.29 is 33.3 Å². The summed E-state index contributed by atoms with van der Waals surface area (Å²) < 4.78 is 28.0. The van der Waals surface area contributed by atoms with Gasteiger partial charge in [-0.3, -0.25) is 0 Å². The minimum absolute atomic E-state index is 0.0625. The number of hydrogen-bond acceptors (Lipinski definition) is 7. The Bertz CT molecular complexity index is 531. The molecule has 3 fully saturated rings. The van der Waals surface area contributed by atoms with Crippen LogP contribution < -0.4 is 5.32 Å². The van der Waals surface area contributed by atoms with Gasteiger partial charge in [0.2, 0.25) is 0 Å². The van der Waals surface area contributed by atoms with Crippen LogP contribution in [0.5, 0.6) is 0 Å². The minimum atomic E-state index is -1.41. The number of amides is 1. The van der Waals surface area contributed by atoms with Crippen molar-refractivity contribution in [3.8, 4) is 0 Å². The number of carbonyl (C=O) groups is 2. The Morgan fingerprint density at radius 2 is 2.14 bits per heavy atom. The van der Waals surface area contributed by atoms with Gasteiger partial charge in [0, 0.05) is 5.57 Å². The highest BCUT2D eigenvalue weighted by atomic mass is 16.8. The Morgan fingerprint density at radius 3 is 2.73 bits per heavy atom. The van der Waals surface area contributed by atoms with Crippen LogP contribution in [0, 0.1) is 0 Å². The van der Waals surface area contributed by atoms with Crippen molar-refractivity contribution in [3.05, 3.63) is 12.2 Å². The number of fused-ring (bicyclic) bond motifs is 1. The third kappa shape index (κ3) is 2.47. The average Bonchev–Trinajstić information content (AvgIpc) is 2.93. The predicted octanol–water partition coefficient (Wildman–Crippen LogP) is 0.461. The van der Waals surface area contributed by atoms with Gasteiger partial charge in [-0.1, -0.05) is 6.58 Å². The third-order valence-electron chi connectivity index (χ3n) is 3.77. The van der Waals surface area contributed by atoms with Crippen molar-refractivity contribution >= 4 is 12.1 Å². The predicted molar refractivity (Wildman–Crippen MR) is 71.7 cm³/mol. The lowest BCUT2D eigenvalue weighted by Gasteiger charge is -2.41. The third-order valence-corrected chi connectivity index (χ3v) is 3.77. The molecule has 122 valence electrons. The smallest absolute Gasteiger partial charge is 0.410 e. The number of ether oxygens (including phenoxy) is 5. The van der Waals surface area contributed by atoms with Crippen LogP contribution in [0.15, 0.2) is 12.2 Å². The second-order valence-electron chi connectivity index (χ2n) is 6.11. The summed E-state index contributed by atoms with van der Waals surface area (Å²) in [7, 11) is 0. The molecule has 0 aromatic carbocycles. The van der Waals surface area contributed by atoms with Crippen LogP contribution in [0.2, 0.25) is 0 Å². The van der Waals surface area contributed by atoms with E-state index in [0.29, 0.717) is 0 Å². The van der Waals surface area contributed by atoms with E-state index in [-0.39, 0.29) is 18.7 Å². The Balaban J connectivity index is 1.90. The van der Waals surface area contributed by atoms with Crippen molar-refractivity contribution in [1.82, 2.24) is 5.32 Å². The van der Waals surface area contributed by atoms with Crippen molar-refractivity contribution in [2.45, 2.75) is 50.7 Å². The van der Waals surface area contributed by atoms with Crippen molar-refractivity contribution in [1.29, 1.82) is 0 Å². The molecule has 3 rings (SSSR count). The molecule has 3 heterocycles. The second-order valence-corrected chi connectivity index (χ2v) is 6.11. The van der Waals surface area contributed by atoms with Gasteiger partial charge in [-0.15, -0.1) is 0 Å². The van der Waals surface area contributed by atoms with Gasteiger partial charge in [0.1, 0.15) is 12.2 Å². The fourth-order valence-corrected chi connectivity index (χ4v) is 2.84. The molecule has 1 N–H and O–H groups in total. The molecule has 0 saturated carbocycles. The molecule has 3 unspecified atom stereocenters. The van der Waals surface area contributed by atoms with Gasteiger partial charge in [-0.25, -0.2) is 9.59 Å². The van der Waals surface area contributed by atoms with E-state index in [2.05, 4.69) is 11.9 Å². The van der Waals surface area contributed by atoms with Crippen molar-refractivity contribution in [2.24, 2.45) is 0 Å². The molecule has 0 aromatic rings. The normalized spacial score (nSPS) is 39.0. The van der Waals surface area contributed by atoms with Crippen LogP contribution in [-0.4, -0.2) is 55.1 Å². The summed E-state index contributed by atoms with van der Waals surface area (Å²) in [6.07, 6.45) is -2.59. The van der Waals surface area contributed by atoms with Crippen LogP contribution in [-0.2, 0) is 28.5 Å². The quantitative estimate of drug-likeness (QED) is 0.585. The van der Waals surface area contributed by atoms with Gasteiger partial charge < -0.3 is 29.0 Å². The van der Waals surface area contributed by atoms with Crippen LogP contribution >= 0.6 is 0 Å². The molecule has 3 saturated heterocycles. The molecular formula is C14H19NO7. The van der Waals surface area contributed by atoms with Crippen LogP contribution in [0.25, 0.3) is 0 Å². The van der Waals surface area contributed by atoms with Crippen molar-refractivity contribution in [3.63, 3.8) is 0 Å². The molecule has 3 aliphatic rings. The van der Waals surface area contributed by atoms with Crippen LogP contribution in [0.1, 0.15) is 20.8 Å². The zero-order valence-electron chi connectivity index (χ0n) is 12.7. The van der Waals surface area contributed by atoms with E-state index in [0.717, 1.165) is 0 Å². The zero-order valence-corrected chi connectivity index (χ0v) is 12.7.